The first-order chi connectivity index (χ1) is 8.62. The summed E-state index contributed by atoms with van der Waals surface area (Å²) in [6.45, 7) is 6.48. The van der Waals surface area contributed by atoms with E-state index in [1.165, 1.54) is 13.5 Å². The summed E-state index contributed by atoms with van der Waals surface area (Å²) in [5.74, 6) is -0.168. The number of methoxy groups -OCH3 is 1. The number of hydrogen-bond donors (Lipinski definition) is 1. The molecule has 1 heterocycles. The minimum atomic E-state index is -0.185. The van der Waals surface area contributed by atoms with Crippen LogP contribution in [0.5, 0.6) is 0 Å². The Balaban J connectivity index is 2.36. The van der Waals surface area contributed by atoms with Gasteiger partial charge in [-0.05, 0) is 26.9 Å². The zero-order chi connectivity index (χ0) is 13.5. The molecule has 0 aromatic rings. The summed E-state index contributed by atoms with van der Waals surface area (Å²) >= 11 is 0. The fourth-order valence-electron chi connectivity index (χ4n) is 2.49. The van der Waals surface area contributed by atoms with Crippen LogP contribution in [0.4, 0.5) is 0 Å². The molecule has 0 aromatic heterocycles. The number of carbonyl (C=O) groups excluding carboxylic acids is 1. The molecule has 0 bridgehead atoms. The average Bonchev–Trinajstić information content (AvgIpc) is 2.40. The highest BCUT2D eigenvalue weighted by Crippen LogP contribution is 2.11. The Morgan fingerprint density at radius 1 is 1.50 bits per heavy atom. The number of hydrogen-bond acceptors (Lipinski definition) is 5. The van der Waals surface area contributed by atoms with Crippen molar-refractivity contribution in [2.24, 2.45) is 0 Å². The number of esters is 1. The number of rotatable bonds is 6. The second-order valence-corrected chi connectivity index (χ2v) is 5.00. The van der Waals surface area contributed by atoms with Gasteiger partial charge < -0.3 is 19.9 Å². The van der Waals surface area contributed by atoms with E-state index >= 15 is 0 Å². The van der Waals surface area contributed by atoms with Crippen molar-refractivity contribution in [1.82, 2.24) is 15.1 Å². The summed E-state index contributed by atoms with van der Waals surface area (Å²) in [6.07, 6.45) is 1.99. The van der Waals surface area contributed by atoms with Crippen LogP contribution < -0.4 is 5.32 Å². The minimum absolute atomic E-state index is 0.168. The van der Waals surface area contributed by atoms with E-state index in [0.29, 0.717) is 6.04 Å². The molecule has 1 aliphatic rings. The highest BCUT2D eigenvalue weighted by atomic mass is 16.5. The third kappa shape index (κ3) is 4.23. The summed E-state index contributed by atoms with van der Waals surface area (Å²) in [5.41, 5.74) is 0. The van der Waals surface area contributed by atoms with Crippen molar-refractivity contribution in [3.05, 3.63) is 0 Å². The van der Waals surface area contributed by atoms with E-state index in [2.05, 4.69) is 29.1 Å². The average molecular weight is 257 g/mol. The summed E-state index contributed by atoms with van der Waals surface area (Å²) in [7, 11) is 5.44. The summed E-state index contributed by atoms with van der Waals surface area (Å²) < 4.78 is 4.77. The molecular weight excluding hydrogens is 230 g/mol. The van der Waals surface area contributed by atoms with Crippen LogP contribution in [0.3, 0.4) is 0 Å². The molecule has 0 spiro atoms. The summed E-state index contributed by atoms with van der Waals surface area (Å²) in [5, 5.41) is 3.01. The lowest BCUT2D eigenvalue weighted by Gasteiger charge is -2.39. The van der Waals surface area contributed by atoms with Crippen molar-refractivity contribution in [1.29, 1.82) is 0 Å². The third-order valence-corrected chi connectivity index (χ3v) is 3.90. The number of likely N-dealkylation sites (N-methyl/N-ethyl adjacent to an activating group) is 2. The van der Waals surface area contributed by atoms with Gasteiger partial charge in [-0.3, -0.25) is 4.79 Å². The van der Waals surface area contributed by atoms with Crippen LogP contribution in [0, 0.1) is 0 Å². The number of piperazine rings is 1. The van der Waals surface area contributed by atoms with Gasteiger partial charge in [-0.15, -0.1) is 0 Å². The standard InChI is InChI=1S/C13H27N3O2/c1-5-11-10-16(9-8-15(11)3)7-6-12(14-2)13(17)18-4/h11-12,14H,5-10H2,1-4H3. The Morgan fingerprint density at radius 2 is 2.22 bits per heavy atom. The fourth-order valence-corrected chi connectivity index (χ4v) is 2.49. The minimum Gasteiger partial charge on any atom is -0.468 e. The zero-order valence-corrected chi connectivity index (χ0v) is 12.1. The second kappa shape index (κ2) is 7.71. The quantitative estimate of drug-likeness (QED) is 0.687. The van der Waals surface area contributed by atoms with Crippen LogP contribution in [0.1, 0.15) is 19.8 Å². The molecular formula is C13H27N3O2. The van der Waals surface area contributed by atoms with Crippen LogP contribution in [0.25, 0.3) is 0 Å². The van der Waals surface area contributed by atoms with Gasteiger partial charge in [0.2, 0.25) is 0 Å². The molecule has 0 amide bonds. The lowest BCUT2D eigenvalue weighted by atomic mass is 10.1. The van der Waals surface area contributed by atoms with Crippen LogP contribution in [-0.2, 0) is 9.53 Å². The largest absolute Gasteiger partial charge is 0.468 e. The normalized spacial score (nSPS) is 23.9. The number of nitrogens with zero attached hydrogens (tertiary/aromatic N) is 2. The molecule has 5 heteroatoms. The van der Waals surface area contributed by atoms with E-state index in [4.69, 9.17) is 4.74 Å². The van der Waals surface area contributed by atoms with Crippen molar-refractivity contribution in [3.63, 3.8) is 0 Å². The fraction of sp³-hybridized carbons (Fsp3) is 0.923. The SMILES string of the molecule is CCC1CN(CCC(NC)C(=O)OC)CCN1C. The van der Waals surface area contributed by atoms with Crippen molar-refractivity contribution in [3.8, 4) is 0 Å². The number of carbonyl (C=O) groups is 1. The van der Waals surface area contributed by atoms with Crippen molar-refractivity contribution >= 4 is 5.97 Å². The molecule has 0 saturated carbocycles. The summed E-state index contributed by atoms with van der Waals surface area (Å²) in [4.78, 5) is 16.3. The van der Waals surface area contributed by atoms with E-state index < -0.39 is 0 Å². The summed E-state index contributed by atoms with van der Waals surface area (Å²) in [6, 6.07) is 0.458. The second-order valence-electron chi connectivity index (χ2n) is 5.00. The van der Waals surface area contributed by atoms with Gasteiger partial charge in [-0.2, -0.15) is 0 Å². The van der Waals surface area contributed by atoms with E-state index in [1.807, 2.05) is 0 Å². The molecule has 0 aromatic carbocycles. The first-order valence-corrected chi connectivity index (χ1v) is 6.80. The van der Waals surface area contributed by atoms with E-state index in [1.54, 1.807) is 7.05 Å². The predicted molar refractivity (Wildman–Crippen MR) is 72.6 cm³/mol. The van der Waals surface area contributed by atoms with Gasteiger partial charge in [0.05, 0.1) is 7.11 Å². The molecule has 1 N–H and O–H groups in total. The Hall–Kier alpha value is -0.650. The molecule has 18 heavy (non-hydrogen) atoms. The first kappa shape index (κ1) is 15.4. The first-order valence-electron chi connectivity index (χ1n) is 6.80. The zero-order valence-electron chi connectivity index (χ0n) is 12.1. The Kier molecular flexibility index (Phi) is 6.60. The van der Waals surface area contributed by atoms with Crippen molar-refractivity contribution in [2.45, 2.75) is 31.8 Å². The van der Waals surface area contributed by atoms with Crippen molar-refractivity contribution in [2.75, 3.05) is 47.4 Å². The number of ether oxygens (including phenoxy) is 1. The highest BCUT2D eigenvalue weighted by molar-refractivity contribution is 5.75. The molecule has 1 rings (SSSR count). The Morgan fingerprint density at radius 3 is 2.78 bits per heavy atom. The van der Waals surface area contributed by atoms with Crippen LogP contribution in [-0.4, -0.2) is 75.2 Å². The Bertz CT molecular complexity index is 261. The Labute approximate surface area is 110 Å². The van der Waals surface area contributed by atoms with Gasteiger partial charge in [0.25, 0.3) is 0 Å². The van der Waals surface area contributed by atoms with Crippen LogP contribution >= 0.6 is 0 Å². The van der Waals surface area contributed by atoms with E-state index in [0.717, 1.165) is 32.6 Å². The van der Waals surface area contributed by atoms with Gasteiger partial charge in [-0.25, -0.2) is 0 Å². The lowest BCUT2D eigenvalue weighted by Crippen LogP contribution is -2.52. The molecule has 1 fully saturated rings. The predicted octanol–water partition coefficient (Wildman–Crippen LogP) is 0.164. The maximum absolute atomic E-state index is 11.5. The molecule has 0 aliphatic carbocycles. The topological polar surface area (TPSA) is 44.8 Å². The van der Waals surface area contributed by atoms with Gasteiger partial charge in [-0.1, -0.05) is 6.92 Å². The monoisotopic (exact) mass is 257 g/mol. The van der Waals surface area contributed by atoms with Gasteiger partial charge in [0.15, 0.2) is 0 Å². The van der Waals surface area contributed by atoms with Gasteiger partial charge in [0, 0.05) is 32.2 Å². The number of nitrogens with one attached hydrogen (secondary N) is 1. The molecule has 1 aliphatic heterocycles. The molecule has 2 unspecified atom stereocenters. The lowest BCUT2D eigenvalue weighted by molar-refractivity contribution is -0.143. The maximum Gasteiger partial charge on any atom is 0.322 e. The van der Waals surface area contributed by atoms with Gasteiger partial charge >= 0.3 is 5.97 Å². The smallest absolute Gasteiger partial charge is 0.322 e. The van der Waals surface area contributed by atoms with Crippen LogP contribution in [0.2, 0.25) is 0 Å². The van der Waals surface area contributed by atoms with Crippen LogP contribution in [0.15, 0.2) is 0 Å². The van der Waals surface area contributed by atoms with Crippen molar-refractivity contribution < 1.29 is 9.53 Å². The molecule has 1 saturated heterocycles. The molecule has 5 nitrogen and oxygen atoms in total. The van der Waals surface area contributed by atoms with Gasteiger partial charge in [0.1, 0.15) is 6.04 Å². The highest BCUT2D eigenvalue weighted by Gasteiger charge is 2.24. The van der Waals surface area contributed by atoms with E-state index in [-0.39, 0.29) is 12.0 Å². The molecule has 106 valence electrons. The third-order valence-electron chi connectivity index (χ3n) is 3.90. The van der Waals surface area contributed by atoms with E-state index in [9.17, 15) is 4.79 Å². The molecule has 0 radical (unpaired) electrons. The molecule has 2 atom stereocenters. The maximum atomic E-state index is 11.5.